The van der Waals surface area contributed by atoms with Gasteiger partial charge in [0.25, 0.3) is 0 Å². The minimum absolute atomic E-state index is 1.18. The minimum atomic E-state index is 1.18. The quantitative estimate of drug-likeness (QED) is 0.157. The average Bonchev–Trinajstić information content (AvgIpc) is 3.06. The number of unbranched alkanes of at least 4 members (excludes halogenated alkanes) is 11. The van der Waals surface area contributed by atoms with E-state index in [4.69, 9.17) is 0 Å². The van der Waals surface area contributed by atoms with E-state index in [-0.39, 0.29) is 0 Å². The molecule has 0 amide bonds. The van der Waals surface area contributed by atoms with Crippen LogP contribution < -0.4 is 0 Å². The normalized spacial score (nSPS) is 15.0. The molecule has 1 aliphatic heterocycles. The Labute approximate surface area is 164 Å². The lowest BCUT2D eigenvalue weighted by atomic mass is 10.1. The molecule has 0 saturated carbocycles. The summed E-state index contributed by atoms with van der Waals surface area (Å²) >= 11 is 0. The third kappa shape index (κ3) is 10.4. The lowest BCUT2D eigenvalue weighted by molar-refractivity contribution is -0.515. The molecule has 0 saturated heterocycles. The summed E-state index contributed by atoms with van der Waals surface area (Å²) in [5.41, 5.74) is 0. The fourth-order valence-corrected chi connectivity index (χ4v) is 4.05. The van der Waals surface area contributed by atoms with Crippen molar-refractivity contribution < 1.29 is 4.58 Å². The smallest absolute Gasteiger partial charge is 0.247 e. The van der Waals surface area contributed by atoms with E-state index in [0.29, 0.717) is 0 Å². The summed E-state index contributed by atoms with van der Waals surface area (Å²) in [4.78, 5) is 2.58. The van der Waals surface area contributed by atoms with E-state index in [1.54, 1.807) is 5.84 Å². The van der Waals surface area contributed by atoms with Gasteiger partial charge in [0.1, 0.15) is 13.1 Å². The second-order valence-corrected chi connectivity index (χ2v) is 7.91. The molecule has 0 aliphatic carbocycles. The van der Waals surface area contributed by atoms with Gasteiger partial charge in [-0.05, 0) is 46.0 Å². The van der Waals surface area contributed by atoms with Crippen LogP contribution in [0.15, 0.2) is 12.2 Å². The Balaban J connectivity index is 1.91. The van der Waals surface area contributed by atoms with Gasteiger partial charge in [-0.25, -0.2) is 0 Å². The third-order valence-corrected chi connectivity index (χ3v) is 5.80. The van der Waals surface area contributed by atoms with Gasteiger partial charge in [0, 0.05) is 6.42 Å². The average molecular weight is 364 g/mol. The molecule has 0 bridgehead atoms. The van der Waals surface area contributed by atoms with Gasteiger partial charge in [0.05, 0.1) is 13.1 Å². The first-order chi connectivity index (χ1) is 12.8. The maximum absolute atomic E-state index is 2.58. The minimum Gasteiger partial charge on any atom is -0.262 e. The van der Waals surface area contributed by atoms with Gasteiger partial charge >= 0.3 is 0 Å². The van der Waals surface area contributed by atoms with Crippen molar-refractivity contribution in [2.45, 2.75) is 111 Å². The molecule has 0 N–H and O–H groups in total. The molecule has 2 heteroatoms. The molecule has 0 aromatic rings. The number of rotatable bonds is 17. The van der Waals surface area contributed by atoms with Crippen LogP contribution in [0.1, 0.15) is 111 Å². The van der Waals surface area contributed by atoms with E-state index in [9.17, 15) is 0 Å². The molecule has 0 aromatic carbocycles. The van der Waals surface area contributed by atoms with Gasteiger partial charge in [-0.15, -0.1) is 0 Å². The van der Waals surface area contributed by atoms with Crippen LogP contribution in [0, 0.1) is 0 Å². The highest BCUT2D eigenvalue weighted by Crippen LogP contribution is 2.12. The fourth-order valence-electron chi connectivity index (χ4n) is 4.05. The molecule has 1 aliphatic rings. The Morgan fingerprint density at radius 1 is 0.769 bits per heavy atom. The van der Waals surface area contributed by atoms with Crippen molar-refractivity contribution in [1.82, 2.24) is 4.90 Å². The first-order valence-electron chi connectivity index (χ1n) is 11.8. The number of amidine groups is 1. The van der Waals surface area contributed by atoms with Crippen LogP contribution in [-0.2, 0) is 0 Å². The molecule has 1 rings (SSSR count). The topological polar surface area (TPSA) is 6.25 Å². The van der Waals surface area contributed by atoms with Gasteiger partial charge in [-0.3, -0.25) is 9.48 Å². The van der Waals surface area contributed by atoms with Gasteiger partial charge in [-0.1, -0.05) is 70.4 Å². The van der Waals surface area contributed by atoms with Crippen LogP contribution in [0.4, 0.5) is 0 Å². The van der Waals surface area contributed by atoms with E-state index in [1.807, 2.05) is 0 Å². The van der Waals surface area contributed by atoms with Crippen LogP contribution in [0.5, 0.6) is 0 Å². The Hall–Kier alpha value is -0.790. The van der Waals surface area contributed by atoms with Crippen molar-refractivity contribution >= 4 is 5.84 Å². The van der Waals surface area contributed by atoms with Crippen LogP contribution in [0.2, 0.25) is 0 Å². The van der Waals surface area contributed by atoms with Crippen LogP contribution in [0.25, 0.3) is 0 Å². The summed E-state index contributed by atoms with van der Waals surface area (Å²) in [6.07, 6.45) is 24.2. The highest BCUT2D eigenvalue weighted by molar-refractivity contribution is 5.78. The highest BCUT2D eigenvalue weighted by atomic mass is 15.3. The van der Waals surface area contributed by atoms with Gasteiger partial charge in [-0.2, -0.15) is 0 Å². The van der Waals surface area contributed by atoms with Crippen molar-refractivity contribution in [2.24, 2.45) is 0 Å². The highest BCUT2D eigenvalue weighted by Gasteiger charge is 2.27. The Morgan fingerprint density at radius 2 is 1.35 bits per heavy atom. The zero-order valence-electron chi connectivity index (χ0n) is 18.3. The van der Waals surface area contributed by atoms with Crippen LogP contribution in [-0.4, -0.2) is 41.5 Å². The Kier molecular flexibility index (Phi) is 14.7. The summed E-state index contributed by atoms with van der Waals surface area (Å²) in [6.45, 7) is 11.7. The van der Waals surface area contributed by atoms with Gasteiger partial charge in [0.2, 0.25) is 5.84 Å². The summed E-state index contributed by atoms with van der Waals surface area (Å²) in [5, 5.41) is 0. The van der Waals surface area contributed by atoms with E-state index in [0.717, 1.165) is 0 Å². The van der Waals surface area contributed by atoms with Crippen molar-refractivity contribution in [3.63, 3.8) is 0 Å². The second-order valence-electron chi connectivity index (χ2n) is 7.91. The van der Waals surface area contributed by atoms with E-state index in [2.05, 4.69) is 42.4 Å². The van der Waals surface area contributed by atoms with Crippen molar-refractivity contribution in [3.05, 3.63) is 12.2 Å². The molecule has 0 radical (unpaired) electrons. The predicted molar refractivity (Wildman–Crippen MR) is 117 cm³/mol. The molecular weight excluding hydrogens is 316 g/mol. The third-order valence-electron chi connectivity index (χ3n) is 5.80. The molecule has 1 heterocycles. The van der Waals surface area contributed by atoms with Crippen molar-refractivity contribution in [3.8, 4) is 0 Å². The maximum Gasteiger partial charge on any atom is 0.247 e. The molecule has 2 nitrogen and oxygen atoms in total. The Morgan fingerprint density at radius 3 is 1.92 bits per heavy atom. The number of nitrogens with zero attached hydrogens (tertiary/aromatic N) is 2. The number of hydrogen-bond donors (Lipinski definition) is 0. The van der Waals surface area contributed by atoms with Crippen molar-refractivity contribution in [1.29, 1.82) is 0 Å². The Bertz CT molecular complexity index is 384. The molecule has 0 fully saturated rings. The molecule has 152 valence electrons. The monoisotopic (exact) mass is 363 g/mol. The zero-order chi connectivity index (χ0) is 18.9. The SMILES string of the molecule is CCCCCCCC/C=C\CCCCCCCC1=[N+](CC)CCN1CC. The van der Waals surface area contributed by atoms with Gasteiger partial charge < -0.3 is 0 Å². The second kappa shape index (κ2) is 16.4. The molecule has 0 spiro atoms. The lowest BCUT2D eigenvalue weighted by Crippen LogP contribution is -2.29. The molecule has 0 aromatic heterocycles. The summed E-state index contributed by atoms with van der Waals surface area (Å²) < 4.78 is 2.58. The molecular formula is C24H47N2+. The first-order valence-corrected chi connectivity index (χ1v) is 11.8. The zero-order valence-corrected chi connectivity index (χ0v) is 18.3. The largest absolute Gasteiger partial charge is 0.262 e. The summed E-state index contributed by atoms with van der Waals surface area (Å²) in [5.74, 6) is 1.62. The number of likely N-dealkylation sites (N-methyl/N-ethyl adjacent to an activating group) is 2. The van der Waals surface area contributed by atoms with Crippen LogP contribution >= 0.6 is 0 Å². The summed E-state index contributed by atoms with van der Waals surface area (Å²) in [6, 6.07) is 0. The number of allylic oxidation sites excluding steroid dienone is 2. The molecule has 0 atom stereocenters. The van der Waals surface area contributed by atoms with Crippen molar-refractivity contribution in [2.75, 3.05) is 26.2 Å². The van der Waals surface area contributed by atoms with E-state index >= 15 is 0 Å². The molecule has 26 heavy (non-hydrogen) atoms. The number of hydrogen-bond acceptors (Lipinski definition) is 1. The van der Waals surface area contributed by atoms with Crippen LogP contribution in [0.3, 0.4) is 0 Å². The predicted octanol–water partition coefficient (Wildman–Crippen LogP) is 6.79. The lowest BCUT2D eigenvalue weighted by Gasteiger charge is -2.11. The first kappa shape index (κ1) is 23.2. The standard InChI is InChI=1S/C24H47N2/c1-4-7-8-9-10-11-12-13-14-15-16-17-18-19-20-21-24-25(5-2)22-23-26(24)6-3/h13-14H,4-12,15-23H2,1-3H3/q+1/b14-13-. The summed E-state index contributed by atoms with van der Waals surface area (Å²) in [7, 11) is 0. The fraction of sp³-hybridized carbons (Fsp3) is 0.875. The van der Waals surface area contributed by atoms with Gasteiger partial charge in [0.15, 0.2) is 0 Å². The van der Waals surface area contributed by atoms with E-state index < -0.39 is 0 Å². The maximum atomic E-state index is 2.58. The van der Waals surface area contributed by atoms with E-state index in [1.165, 1.54) is 116 Å². The molecule has 0 unspecified atom stereocenters.